The molecule has 2 atom stereocenters. The molecule has 0 saturated carbocycles. The minimum Gasteiger partial charge on any atom is -0.370 e. The topological polar surface area (TPSA) is 55.6 Å². The Morgan fingerprint density at radius 1 is 1.17 bits per heavy atom. The highest BCUT2D eigenvalue weighted by Crippen LogP contribution is 2.30. The van der Waals surface area contributed by atoms with E-state index in [1.54, 1.807) is 6.20 Å². The van der Waals surface area contributed by atoms with Crippen molar-refractivity contribution in [3.05, 3.63) is 36.0 Å². The van der Waals surface area contributed by atoms with E-state index in [1.165, 1.54) is 0 Å². The number of ether oxygens (including phenoxy) is 1. The first kappa shape index (κ1) is 20.1. The van der Waals surface area contributed by atoms with Gasteiger partial charge in [-0.15, -0.1) is 0 Å². The van der Waals surface area contributed by atoms with Crippen molar-refractivity contribution in [2.24, 2.45) is 0 Å². The van der Waals surface area contributed by atoms with Crippen LogP contribution in [0.2, 0.25) is 0 Å². The van der Waals surface area contributed by atoms with Gasteiger partial charge in [0.05, 0.1) is 23.3 Å². The molecular formula is C23H31N5O. The lowest BCUT2D eigenvalue weighted by atomic mass is 10.1. The summed E-state index contributed by atoms with van der Waals surface area (Å²) in [5.41, 5.74) is 2.56. The molecule has 2 aromatic rings. The van der Waals surface area contributed by atoms with Gasteiger partial charge >= 0.3 is 0 Å². The van der Waals surface area contributed by atoms with Crippen LogP contribution in [0.3, 0.4) is 0 Å². The van der Waals surface area contributed by atoms with E-state index < -0.39 is 0 Å². The number of nitriles is 1. The molecule has 0 amide bonds. The summed E-state index contributed by atoms with van der Waals surface area (Å²) >= 11 is 0. The Morgan fingerprint density at radius 2 is 1.97 bits per heavy atom. The Balaban J connectivity index is 1.49. The number of benzene rings is 1. The van der Waals surface area contributed by atoms with Gasteiger partial charge in [0.2, 0.25) is 0 Å². The molecule has 1 aromatic carbocycles. The molecule has 29 heavy (non-hydrogen) atoms. The van der Waals surface area contributed by atoms with E-state index in [0.29, 0.717) is 11.6 Å². The summed E-state index contributed by atoms with van der Waals surface area (Å²) in [5.74, 6) is 0. The molecule has 0 N–H and O–H groups in total. The fourth-order valence-corrected chi connectivity index (χ4v) is 4.62. The molecule has 0 spiro atoms. The van der Waals surface area contributed by atoms with Gasteiger partial charge in [-0.25, -0.2) is 0 Å². The van der Waals surface area contributed by atoms with Crippen LogP contribution in [0.15, 0.2) is 30.5 Å². The van der Waals surface area contributed by atoms with Crippen molar-refractivity contribution in [1.82, 2.24) is 14.8 Å². The fourth-order valence-electron chi connectivity index (χ4n) is 4.62. The van der Waals surface area contributed by atoms with E-state index in [4.69, 9.17) is 4.74 Å². The molecular weight excluding hydrogens is 362 g/mol. The summed E-state index contributed by atoms with van der Waals surface area (Å²) in [5, 5.41) is 10.5. The van der Waals surface area contributed by atoms with Gasteiger partial charge in [0.25, 0.3) is 0 Å². The van der Waals surface area contributed by atoms with Crippen LogP contribution in [0.4, 0.5) is 5.69 Å². The molecule has 4 rings (SSSR count). The van der Waals surface area contributed by atoms with Crippen molar-refractivity contribution < 1.29 is 4.74 Å². The number of rotatable bonds is 4. The number of anilines is 1. The molecule has 2 aliphatic rings. The molecule has 2 aliphatic heterocycles. The Kier molecular flexibility index (Phi) is 6.00. The predicted molar refractivity (Wildman–Crippen MR) is 116 cm³/mol. The first-order valence-corrected chi connectivity index (χ1v) is 10.7. The van der Waals surface area contributed by atoms with Crippen LogP contribution in [0.1, 0.15) is 26.3 Å². The summed E-state index contributed by atoms with van der Waals surface area (Å²) in [6, 6.07) is 10.9. The highest BCUT2D eigenvalue weighted by atomic mass is 16.5. The normalized spacial score (nSPS) is 24.2. The highest BCUT2D eigenvalue weighted by molar-refractivity contribution is 5.95. The van der Waals surface area contributed by atoms with Crippen molar-refractivity contribution in [2.75, 3.05) is 50.7 Å². The molecule has 1 aromatic heterocycles. The van der Waals surface area contributed by atoms with Crippen LogP contribution in [0, 0.1) is 11.3 Å². The number of aromatic nitrogens is 1. The largest absolute Gasteiger partial charge is 0.370 e. The number of morpholine rings is 1. The van der Waals surface area contributed by atoms with Gasteiger partial charge in [-0.3, -0.25) is 14.8 Å². The lowest BCUT2D eigenvalue weighted by Gasteiger charge is -2.42. The number of hydrogen-bond donors (Lipinski definition) is 0. The lowest BCUT2D eigenvalue weighted by Crippen LogP contribution is -2.55. The molecule has 154 valence electrons. The summed E-state index contributed by atoms with van der Waals surface area (Å²) in [6.45, 7) is 13.9. The fraction of sp³-hybridized carbons (Fsp3) is 0.565. The second-order valence-electron chi connectivity index (χ2n) is 8.55. The zero-order valence-electron chi connectivity index (χ0n) is 17.7. The van der Waals surface area contributed by atoms with Gasteiger partial charge in [-0.2, -0.15) is 5.26 Å². The molecule has 2 fully saturated rings. The van der Waals surface area contributed by atoms with Crippen LogP contribution in [-0.4, -0.2) is 78.8 Å². The molecule has 2 saturated heterocycles. The first-order valence-electron chi connectivity index (χ1n) is 10.7. The highest BCUT2D eigenvalue weighted by Gasteiger charge is 2.29. The van der Waals surface area contributed by atoms with Crippen molar-refractivity contribution in [1.29, 1.82) is 5.26 Å². The van der Waals surface area contributed by atoms with Gasteiger partial charge in [0.15, 0.2) is 0 Å². The maximum Gasteiger partial charge on any atom is 0.101 e. The van der Waals surface area contributed by atoms with E-state index >= 15 is 0 Å². The van der Waals surface area contributed by atoms with E-state index in [-0.39, 0.29) is 12.2 Å². The Morgan fingerprint density at radius 3 is 2.69 bits per heavy atom. The van der Waals surface area contributed by atoms with Gasteiger partial charge < -0.3 is 9.64 Å². The SMILES string of the molecule is CC(C)N1CCN(C[C@@H]2CN(c3ccc(C#N)c4ncccc34)C[C@@H](C)O2)CC1. The third kappa shape index (κ3) is 4.37. The van der Waals surface area contributed by atoms with Crippen molar-refractivity contribution >= 4 is 16.6 Å². The summed E-state index contributed by atoms with van der Waals surface area (Å²) in [6.07, 6.45) is 2.12. The number of hydrogen-bond acceptors (Lipinski definition) is 6. The molecule has 6 heteroatoms. The average molecular weight is 394 g/mol. The van der Waals surface area contributed by atoms with E-state index in [2.05, 4.69) is 58.7 Å². The zero-order valence-corrected chi connectivity index (χ0v) is 17.7. The third-order valence-electron chi connectivity index (χ3n) is 6.13. The van der Waals surface area contributed by atoms with Crippen molar-refractivity contribution in [2.45, 2.75) is 39.0 Å². The van der Waals surface area contributed by atoms with E-state index in [0.717, 1.165) is 62.4 Å². The Hall–Kier alpha value is -2.20. The average Bonchev–Trinajstić information content (AvgIpc) is 2.73. The summed E-state index contributed by atoms with van der Waals surface area (Å²) in [4.78, 5) is 12.0. The van der Waals surface area contributed by atoms with Crippen molar-refractivity contribution in [3.8, 4) is 6.07 Å². The first-order chi connectivity index (χ1) is 14.0. The molecule has 0 radical (unpaired) electrons. The van der Waals surface area contributed by atoms with Gasteiger partial charge in [-0.1, -0.05) is 0 Å². The quantitative estimate of drug-likeness (QED) is 0.796. The monoisotopic (exact) mass is 393 g/mol. The molecule has 6 nitrogen and oxygen atoms in total. The minimum atomic E-state index is 0.174. The number of fused-ring (bicyclic) bond motifs is 1. The van der Waals surface area contributed by atoms with Crippen LogP contribution < -0.4 is 4.90 Å². The van der Waals surface area contributed by atoms with E-state index in [1.807, 2.05) is 12.1 Å². The Labute approximate surface area is 173 Å². The van der Waals surface area contributed by atoms with E-state index in [9.17, 15) is 5.26 Å². The second-order valence-corrected chi connectivity index (χ2v) is 8.55. The number of nitrogens with zero attached hydrogens (tertiary/aromatic N) is 5. The molecule has 3 heterocycles. The number of piperazine rings is 1. The lowest BCUT2D eigenvalue weighted by molar-refractivity contribution is -0.0389. The maximum atomic E-state index is 9.42. The molecule has 0 aliphatic carbocycles. The smallest absolute Gasteiger partial charge is 0.101 e. The summed E-state index contributed by atoms with van der Waals surface area (Å²) < 4.78 is 6.31. The minimum absolute atomic E-state index is 0.174. The van der Waals surface area contributed by atoms with Crippen LogP contribution in [0.5, 0.6) is 0 Å². The second kappa shape index (κ2) is 8.66. The van der Waals surface area contributed by atoms with Crippen LogP contribution in [-0.2, 0) is 4.74 Å². The maximum absolute atomic E-state index is 9.42. The zero-order chi connectivity index (χ0) is 20.4. The standard InChI is InChI=1S/C23H31N5O/c1-17(2)27-11-9-26(10-12-27)15-20-16-28(14-18(3)29-20)22-7-6-19(13-24)23-21(22)5-4-8-25-23/h4-8,17-18,20H,9-12,14-16H2,1-3H3/t18-,20-/m1/s1. The van der Waals surface area contributed by atoms with Crippen LogP contribution >= 0.6 is 0 Å². The van der Waals surface area contributed by atoms with Crippen molar-refractivity contribution in [3.63, 3.8) is 0 Å². The van der Waals surface area contributed by atoms with Gasteiger partial charge in [-0.05, 0) is 45.0 Å². The third-order valence-corrected chi connectivity index (χ3v) is 6.13. The Bertz CT molecular complexity index is 884. The molecule has 0 unspecified atom stereocenters. The molecule has 0 bridgehead atoms. The van der Waals surface area contributed by atoms with Gasteiger partial charge in [0.1, 0.15) is 6.07 Å². The van der Waals surface area contributed by atoms with Crippen LogP contribution in [0.25, 0.3) is 10.9 Å². The summed E-state index contributed by atoms with van der Waals surface area (Å²) in [7, 11) is 0. The van der Waals surface area contributed by atoms with Gasteiger partial charge in [0, 0.05) is 69.1 Å². The number of pyridine rings is 1. The predicted octanol–water partition coefficient (Wildman–Crippen LogP) is 2.73.